The van der Waals surface area contributed by atoms with E-state index in [9.17, 15) is 23.1 Å². The second kappa shape index (κ2) is 7.08. The lowest BCUT2D eigenvalue weighted by Gasteiger charge is -2.13. The zero-order chi connectivity index (χ0) is 15.3. The molecular weight excluding hydrogens is 339 g/mol. The van der Waals surface area contributed by atoms with Crippen molar-refractivity contribution in [3.63, 3.8) is 0 Å². The zero-order valence-corrected chi connectivity index (χ0v) is 12.4. The van der Waals surface area contributed by atoms with E-state index in [0.717, 1.165) is 18.6 Å². The molecule has 1 unspecified atom stereocenters. The normalized spacial score (nSPS) is 13.1. The molecule has 0 saturated carbocycles. The van der Waals surface area contributed by atoms with Crippen LogP contribution in [0.1, 0.15) is 35.7 Å². The molecule has 0 heterocycles. The molecule has 7 heteroatoms. The van der Waals surface area contributed by atoms with Crippen LogP contribution in [-0.4, -0.2) is 23.7 Å². The Balaban J connectivity index is 2.82. The van der Waals surface area contributed by atoms with Gasteiger partial charge in [-0.05, 0) is 40.5 Å². The lowest BCUT2D eigenvalue weighted by Crippen LogP contribution is -2.32. The van der Waals surface area contributed by atoms with Crippen LogP contribution >= 0.6 is 15.9 Å². The minimum absolute atomic E-state index is 0.00928. The van der Waals surface area contributed by atoms with Crippen molar-refractivity contribution in [1.82, 2.24) is 5.32 Å². The summed E-state index contributed by atoms with van der Waals surface area (Å²) in [5.41, 5.74) is -0.997. The van der Waals surface area contributed by atoms with Crippen LogP contribution in [-0.2, 0) is 6.18 Å². The van der Waals surface area contributed by atoms with E-state index in [1.807, 2.05) is 6.92 Å². The van der Waals surface area contributed by atoms with Crippen LogP contribution in [0.3, 0.4) is 0 Å². The maximum atomic E-state index is 12.6. The number of amides is 1. The Morgan fingerprint density at radius 3 is 2.65 bits per heavy atom. The van der Waals surface area contributed by atoms with Gasteiger partial charge in [-0.1, -0.05) is 13.3 Å². The van der Waals surface area contributed by atoms with Gasteiger partial charge in [0.05, 0.1) is 17.2 Å². The Kier molecular flexibility index (Phi) is 6.01. The minimum atomic E-state index is -4.50. The Hall–Kier alpha value is -1.08. The largest absolute Gasteiger partial charge is 0.416 e. The van der Waals surface area contributed by atoms with Crippen molar-refractivity contribution in [3.8, 4) is 0 Å². The van der Waals surface area contributed by atoms with Crippen molar-refractivity contribution in [2.24, 2.45) is 0 Å². The molecular formula is C13H15BrF3NO2. The van der Waals surface area contributed by atoms with Crippen molar-refractivity contribution in [1.29, 1.82) is 0 Å². The fourth-order valence-electron chi connectivity index (χ4n) is 1.62. The molecule has 2 N–H and O–H groups in total. The number of aliphatic hydroxyl groups is 1. The highest BCUT2D eigenvalue weighted by Crippen LogP contribution is 2.31. The maximum absolute atomic E-state index is 12.6. The number of alkyl halides is 3. The highest BCUT2D eigenvalue weighted by Gasteiger charge is 2.31. The summed E-state index contributed by atoms with van der Waals surface area (Å²) in [5.74, 6) is -0.655. The summed E-state index contributed by atoms with van der Waals surface area (Å²) in [6, 6.07) is 2.86. The van der Waals surface area contributed by atoms with Gasteiger partial charge in [0.2, 0.25) is 0 Å². The highest BCUT2D eigenvalue weighted by atomic mass is 79.9. The van der Waals surface area contributed by atoms with Crippen molar-refractivity contribution >= 4 is 21.8 Å². The molecule has 1 atom stereocenters. The van der Waals surface area contributed by atoms with Crippen molar-refractivity contribution in [2.75, 3.05) is 6.54 Å². The molecule has 0 bridgehead atoms. The first-order valence-electron chi connectivity index (χ1n) is 6.08. The molecule has 1 aromatic rings. The minimum Gasteiger partial charge on any atom is -0.391 e. The first kappa shape index (κ1) is 17.0. The van der Waals surface area contributed by atoms with Gasteiger partial charge in [0.1, 0.15) is 0 Å². The Bertz CT molecular complexity index is 477. The van der Waals surface area contributed by atoms with E-state index in [1.165, 1.54) is 6.07 Å². The SMILES string of the molecule is CCCC(O)CNC(=O)c1cc(C(F)(F)F)ccc1Br. The smallest absolute Gasteiger partial charge is 0.391 e. The van der Waals surface area contributed by atoms with E-state index >= 15 is 0 Å². The van der Waals surface area contributed by atoms with Crippen LogP contribution in [0, 0.1) is 0 Å². The van der Waals surface area contributed by atoms with E-state index < -0.39 is 23.8 Å². The predicted octanol–water partition coefficient (Wildman–Crippen LogP) is 3.36. The molecule has 1 rings (SSSR count). The second-order valence-electron chi connectivity index (χ2n) is 4.34. The lowest BCUT2D eigenvalue weighted by molar-refractivity contribution is -0.137. The molecule has 0 radical (unpaired) electrons. The van der Waals surface area contributed by atoms with Gasteiger partial charge in [-0.15, -0.1) is 0 Å². The van der Waals surface area contributed by atoms with Crippen LogP contribution in [0.2, 0.25) is 0 Å². The summed E-state index contributed by atoms with van der Waals surface area (Å²) < 4.78 is 38.0. The molecule has 0 aliphatic carbocycles. The van der Waals surface area contributed by atoms with Gasteiger partial charge in [0.25, 0.3) is 5.91 Å². The molecule has 112 valence electrons. The van der Waals surface area contributed by atoms with Gasteiger partial charge in [0, 0.05) is 11.0 Å². The van der Waals surface area contributed by atoms with E-state index in [-0.39, 0.29) is 16.6 Å². The van der Waals surface area contributed by atoms with Gasteiger partial charge >= 0.3 is 6.18 Å². The number of carbonyl (C=O) groups excluding carboxylic acids is 1. The van der Waals surface area contributed by atoms with Gasteiger partial charge in [-0.3, -0.25) is 4.79 Å². The summed E-state index contributed by atoms with van der Waals surface area (Å²) in [4.78, 5) is 11.8. The van der Waals surface area contributed by atoms with Crippen LogP contribution in [0.4, 0.5) is 13.2 Å². The number of benzene rings is 1. The first-order valence-corrected chi connectivity index (χ1v) is 6.88. The van der Waals surface area contributed by atoms with Crippen LogP contribution in [0.15, 0.2) is 22.7 Å². The molecule has 1 amide bonds. The van der Waals surface area contributed by atoms with Crippen molar-refractivity contribution < 1.29 is 23.1 Å². The Morgan fingerprint density at radius 1 is 1.45 bits per heavy atom. The molecule has 0 spiro atoms. The Morgan fingerprint density at radius 2 is 2.10 bits per heavy atom. The molecule has 0 aliphatic rings. The number of hydrogen-bond acceptors (Lipinski definition) is 2. The summed E-state index contributed by atoms with van der Waals surface area (Å²) >= 11 is 3.04. The average Bonchev–Trinajstić information content (AvgIpc) is 2.35. The third-order valence-electron chi connectivity index (χ3n) is 2.66. The van der Waals surface area contributed by atoms with E-state index in [1.54, 1.807) is 0 Å². The number of rotatable bonds is 5. The van der Waals surface area contributed by atoms with E-state index in [0.29, 0.717) is 6.42 Å². The standard InChI is InChI=1S/C13H15BrF3NO2/c1-2-3-9(19)7-18-12(20)10-6-8(13(15,16)17)4-5-11(10)14/h4-6,9,19H,2-3,7H2,1H3,(H,18,20). The highest BCUT2D eigenvalue weighted by molar-refractivity contribution is 9.10. The molecule has 0 saturated heterocycles. The quantitative estimate of drug-likeness (QED) is 0.852. The number of hydrogen-bond donors (Lipinski definition) is 2. The average molecular weight is 354 g/mol. The molecule has 0 aliphatic heterocycles. The van der Waals surface area contributed by atoms with Crippen molar-refractivity contribution in [3.05, 3.63) is 33.8 Å². The molecule has 0 aromatic heterocycles. The van der Waals surface area contributed by atoms with Gasteiger partial charge in [-0.25, -0.2) is 0 Å². The third kappa shape index (κ3) is 4.79. The monoisotopic (exact) mass is 353 g/mol. The molecule has 0 fully saturated rings. The first-order chi connectivity index (χ1) is 9.25. The van der Waals surface area contributed by atoms with Gasteiger partial charge in [0.15, 0.2) is 0 Å². The third-order valence-corrected chi connectivity index (χ3v) is 3.35. The van der Waals surface area contributed by atoms with Crippen molar-refractivity contribution in [2.45, 2.75) is 32.0 Å². The summed E-state index contributed by atoms with van der Waals surface area (Å²) in [6.07, 6.45) is -3.93. The fourth-order valence-corrected chi connectivity index (χ4v) is 2.04. The van der Waals surface area contributed by atoms with Crippen LogP contribution in [0.5, 0.6) is 0 Å². The number of nitrogens with one attached hydrogen (secondary N) is 1. The summed E-state index contributed by atoms with van der Waals surface area (Å²) in [6.45, 7) is 1.89. The predicted molar refractivity (Wildman–Crippen MR) is 72.4 cm³/mol. The Labute approximate surface area is 123 Å². The topological polar surface area (TPSA) is 49.3 Å². The summed E-state index contributed by atoms with van der Waals surface area (Å²) in [7, 11) is 0. The molecule has 20 heavy (non-hydrogen) atoms. The lowest BCUT2D eigenvalue weighted by atomic mass is 10.1. The van der Waals surface area contributed by atoms with Gasteiger partial charge in [-0.2, -0.15) is 13.2 Å². The molecule has 1 aromatic carbocycles. The molecule has 3 nitrogen and oxygen atoms in total. The van der Waals surface area contributed by atoms with E-state index in [2.05, 4.69) is 21.2 Å². The summed E-state index contributed by atoms with van der Waals surface area (Å²) in [5, 5.41) is 11.9. The van der Waals surface area contributed by atoms with Crippen LogP contribution < -0.4 is 5.32 Å². The fraction of sp³-hybridized carbons (Fsp3) is 0.462. The number of halogens is 4. The van der Waals surface area contributed by atoms with Gasteiger partial charge < -0.3 is 10.4 Å². The van der Waals surface area contributed by atoms with Crippen LogP contribution in [0.25, 0.3) is 0 Å². The number of carbonyl (C=O) groups is 1. The number of aliphatic hydroxyl groups excluding tert-OH is 1. The maximum Gasteiger partial charge on any atom is 0.416 e. The van der Waals surface area contributed by atoms with E-state index in [4.69, 9.17) is 0 Å². The zero-order valence-electron chi connectivity index (χ0n) is 10.8. The second-order valence-corrected chi connectivity index (χ2v) is 5.20.